The lowest BCUT2D eigenvalue weighted by atomic mass is 9.98. The average molecular weight is 249 g/mol. The van der Waals surface area contributed by atoms with Crippen LogP contribution in [0.5, 0.6) is 0 Å². The maximum Gasteiger partial charge on any atom is 0.0139 e. The first kappa shape index (κ1) is 12.9. The molecule has 0 radical (unpaired) electrons. The Balaban J connectivity index is 0.000000297. The summed E-state index contributed by atoms with van der Waals surface area (Å²) in [5.41, 5.74) is 8.71. The van der Waals surface area contributed by atoms with E-state index in [1.54, 1.807) is 0 Å². The molecule has 3 heteroatoms. The van der Waals surface area contributed by atoms with Crippen LogP contribution in [0.4, 0.5) is 0 Å². The van der Waals surface area contributed by atoms with Crippen molar-refractivity contribution in [3.63, 3.8) is 0 Å². The first-order chi connectivity index (χ1) is 9.27. The fourth-order valence-corrected chi connectivity index (χ4v) is 2.24. The minimum atomic E-state index is 1.33. The fraction of sp³-hybridized carbons (Fsp3) is 0.125. The first-order valence-corrected chi connectivity index (χ1v) is 6.08. The van der Waals surface area contributed by atoms with Crippen LogP contribution in [0.15, 0.2) is 59.7 Å². The maximum atomic E-state index is 7.33. The lowest BCUT2D eigenvalue weighted by molar-refractivity contribution is 1.40. The Morgan fingerprint density at radius 2 is 1.32 bits per heavy atom. The molecule has 0 spiro atoms. The zero-order chi connectivity index (χ0) is 13.7. The van der Waals surface area contributed by atoms with Gasteiger partial charge in [-0.1, -0.05) is 53.6 Å². The molecular formula is C16H15N3. The number of azide groups is 1. The molecule has 0 unspecified atom stereocenters. The van der Waals surface area contributed by atoms with Crippen LogP contribution in [0.1, 0.15) is 5.56 Å². The third kappa shape index (κ3) is 2.67. The van der Waals surface area contributed by atoms with Gasteiger partial charge in [-0.15, -0.1) is 0 Å². The van der Waals surface area contributed by atoms with Gasteiger partial charge in [0.2, 0.25) is 0 Å². The van der Waals surface area contributed by atoms with E-state index in [2.05, 4.69) is 71.5 Å². The van der Waals surface area contributed by atoms with Gasteiger partial charge in [0.25, 0.3) is 0 Å². The van der Waals surface area contributed by atoms with Gasteiger partial charge in [-0.3, -0.25) is 0 Å². The van der Waals surface area contributed by atoms with E-state index in [-0.39, 0.29) is 0 Å². The van der Waals surface area contributed by atoms with Crippen molar-refractivity contribution >= 4 is 21.5 Å². The molecule has 0 amide bonds. The molecule has 0 aliphatic carbocycles. The standard InChI is InChI=1S/C15H12.CH3N3/c1-11-14-8-4-2-6-12(14)10-13-7-3-5-9-15(11)13;1-3-4-2/h2-10H,1H3;1H3. The summed E-state index contributed by atoms with van der Waals surface area (Å²) < 4.78 is 0. The molecule has 0 saturated carbocycles. The number of hydrogen-bond acceptors (Lipinski definition) is 1. The summed E-state index contributed by atoms with van der Waals surface area (Å²) >= 11 is 0. The van der Waals surface area contributed by atoms with Crippen molar-refractivity contribution in [3.8, 4) is 0 Å². The van der Waals surface area contributed by atoms with Crippen molar-refractivity contribution in [1.82, 2.24) is 0 Å². The van der Waals surface area contributed by atoms with E-state index in [4.69, 9.17) is 5.53 Å². The molecule has 0 bridgehead atoms. The van der Waals surface area contributed by atoms with Crippen molar-refractivity contribution in [1.29, 1.82) is 0 Å². The van der Waals surface area contributed by atoms with Crippen molar-refractivity contribution in [2.75, 3.05) is 7.05 Å². The van der Waals surface area contributed by atoms with E-state index in [9.17, 15) is 0 Å². The van der Waals surface area contributed by atoms with Crippen LogP contribution >= 0.6 is 0 Å². The van der Waals surface area contributed by atoms with E-state index < -0.39 is 0 Å². The summed E-state index contributed by atoms with van der Waals surface area (Å²) in [6.45, 7) is 2.20. The second kappa shape index (κ2) is 5.89. The summed E-state index contributed by atoms with van der Waals surface area (Å²) in [6.07, 6.45) is 0. The van der Waals surface area contributed by atoms with E-state index in [1.165, 1.54) is 34.2 Å². The smallest absolute Gasteiger partial charge is 0.0139 e. The van der Waals surface area contributed by atoms with Crippen LogP contribution < -0.4 is 0 Å². The van der Waals surface area contributed by atoms with E-state index >= 15 is 0 Å². The second-order valence-corrected chi connectivity index (χ2v) is 4.23. The quantitative estimate of drug-likeness (QED) is 0.227. The van der Waals surface area contributed by atoms with Crippen LogP contribution in [0.3, 0.4) is 0 Å². The monoisotopic (exact) mass is 249 g/mol. The molecule has 0 atom stereocenters. The molecule has 0 aromatic heterocycles. The molecular weight excluding hydrogens is 234 g/mol. The van der Waals surface area contributed by atoms with Crippen molar-refractivity contribution in [2.45, 2.75) is 6.92 Å². The number of benzene rings is 3. The third-order valence-corrected chi connectivity index (χ3v) is 3.13. The lowest BCUT2D eigenvalue weighted by Crippen LogP contribution is -1.81. The summed E-state index contributed by atoms with van der Waals surface area (Å²) in [6, 6.07) is 19.4. The summed E-state index contributed by atoms with van der Waals surface area (Å²) in [5.74, 6) is 0. The SMILES string of the molecule is CN=[N+]=[N-].Cc1c2ccccc2cc2ccccc12. The minimum Gasteiger partial charge on any atom is -0.0973 e. The minimum absolute atomic E-state index is 1.33. The molecule has 3 rings (SSSR count). The summed E-state index contributed by atoms with van der Waals surface area (Å²) in [5, 5.41) is 8.29. The van der Waals surface area contributed by atoms with Gasteiger partial charge in [0, 0.05) is 12.0 Å². The number of nitrogens with zero attached hydrogens (tertiary/aromatic N) is 3. The van der Waals surface area contributed by atoms with Crippen LogP contribution in [-0.4, -0.2) is 7.05 Å². The Hall–Kier alpha value is -2.51. The van der Waals surface area contributed by atoms with Gasteiger partial charge in [-0.05, 0) is 45.6 Å². The molecule has 3 nitrogen and oxygen atoms in total. The van der Waals surface area contributed by atoms with Crippen LogP contribution in [0.2, 0.25) is 0 Å². The number of rotatable bonds is 0. The Morgan fingerprint density at radius 3 is 1.74 bits per heavy atom. The highest BCUT2D eigenvalue weighted by Crippen LogP contribution is 2.27. The van der Waals surface area contributed by atoms with Gasteiger partial charge >= 0.3 is 0 Å². The third-order valence-electron chi connectivity index (χ3n) is 3.13. The Labute approximate surface area is 112 Å². The zero-order valence-electron chi connectivity index (χ0n) is 11.0. The largest absolute Gasteiger partial charge is 0.0973 e. The molecule has 0 N–H and O–H groups in total. The van der Waals surface area contributed by atoms with Crippen molar-refractivity contribution < 1.29 is 0 Å². The molecule has 0 aliphatic rings. The highest BCUT2D eigenvalue weighted by molar-refractivity contribution is 6.01. The number of aryl methyl sites for hydroxylation is 1. The van der Waals surface area contributed by atoms with Gasteiger partial charge in [-0.25, -0.2) is 0 Å². The number of hydrogen-bond donors (Lipinski definition) is 0. The second-order valence-electron chi connectivity index (χ2n) is 4.23. The predicted octanol–water partition coefficient (Wildman–Crippen LogP) is 5.23. The predicted molar refractivity (Wildman–Crippen MR) is 81.3 cm³/mol. The van der Waals surface area contributed by atoms with E-state index in [0.717, 1.165) is 0 Å². The zero-order valence-corrected chi connectivity index (χ0v) is 11.0. The van der Waals surface area contributed by atoms with Crippen LogP contribution in [0, 0.1) is 6.92 Å². The van der Waals surface area contributed by atoms with Gasteiger partial charge in [0.15, 0.2) is 0 Å². The molecule has 0 fully saturated rings. The van der Waals surface area contributed by atoms with Crippen LogP contribution in [0.25, 0.3) is 32.0 Å². The van der Waals surface area contributed by atoms with Gasteiger partial charge in [-0.2, -0.15) is 0 Å². The average Bonchev–Trinajstić information content (AvgIpc) is 2.48. The molecule has 3 aromatic carbocycles. The Kier molecular flexibility index (Phi) is 4.01. The normalized spacial score (nSPS) is 9.58. The topological polar surface area (TPSA) is 48.8 Å². The highest BCUT2D eigenvalue weighted by Gasteiger charge is 2.01. The molecule has 0 aliphatic heterocycles. The fourth-order valence-electron chi connectivity index (χ4n) is 2.24. The van der Waals surface area contributed by atoms with E-state index in [0.29, 0.717) is 0 Å². The molecule has 94 valence electrons. The van der Waals surface area contributed by atoms with Gasteiger partial charge in [0.1, 0.15) is 0 Å². The first-order valence-electron chi connectivity index (χ1n) is 6.08. The highest BCUT2D eigenvalue weighted by atomic mass is 15.1. The van der Waals surface area contributed by atoms with Gasteiger partial charge in [0.05, 0.1) is 0 Å². The Bertz CT molecular complexity index is 702. The number of fused-ring (bicyclic) bond motifs is 2. The van der Waals surface area contributed by atoms with Crippen LogP contribution in [-0.2, 0) is 0 Å². The maximum absolute atomic E-state index is 7.33. The van der Waals surface area contributed by atoms with Crippen molar-refractivity contribution in [2.24, 2.45) is 5.11 Å². The Morgan fingerprint density at radius 1 is 0.895 bits per heavy atom. The van der Waals surface area contributed by atoms with E-state index in [1.807, 2.05) is 0 Å². The summed E-state index contributed by atoms with van der Waals surface area (Å²) in [4.78, 5) is 2.36. The molecule has 0 heterocycles. The van der Waals surface area contributed by atoms with Gasteiger partial charge < -0.3 is 0 Å². The molecule has 19 heavy (non-hydrogen) atoms. The lowest BCUT2D eigenvalue weighted by Gasteiger charge is -2.06. The molecule has 3 aromatic rings. The van der Waals surface area contributed by atoms with Crippen molar-refractivity contribution in [3.05, 3.63) is 70.6 Å². The summed E-state index contributed by atoms with van der Waals surface area (Å²) in [7, 11) is 1.39. The molecule has 0 saturated heterocycles.